The minimum atomic E-state index is 0.586. The molecule has 106 valence electrons. The van der Waals surface area contributed by atoms with Gasteiger partial charge in [0.1, 0.15) is 5.15 Å². The second kappa shape index (κ2) is 7.14. The number of hydrogen-bond acceptors (Lipinski definition) is 2. The lowest BCUT2D eigenvalue weighted by Crippen LogP contribution is -2.16. The Kier molecular flexibility index (Phi) is 5.50. The van der Waals surface area contributed by atoms with Gasteiger partial charge in [-0.1, -0.05) is 43.7 Å². The summed E-state index contributed by atoms with van der Waals surface area (Å²) in [6.45, 7) is 5.20. The van der Waals surface area contributed by atoms with Gasteiger partial charge in [0.05, 0.1) is 0 Å². The van der Waals surface area contributed by atoms with Crippen LogP contribution in [0.25, 0.3) is 0 Å². The highest BCUT2D eigenvalue weighted by molar-refractivity contribution is 6.29. The molecule has 1 heterocycles. The average molecular weight is 281 g/mol. The van der Waals surface area contributed by atoms with Crippen molar-refractivity contribution in [1.82, 2.24) is 4.98 Å². The minimum absolute atomic E-state index is 0.586. The number of pyridine rings is 1. The summed E-state index contributed by atoms with van der Waals surface area (Å²) in [5.41, 5.74) is 3.39. The summed E-state index contributed by atoms with van der Waals surface area (Å²) in [5.74, 6) is 0.812. The summed E-state index contributed by atoms with van der Waals surface area (Å²) in [6.07, 6.45) is 9.76. The van der Waals surface area contributed by atoms with Crippen molar-refractivity contribution in [2.24, 2.45) is 5.92 Å². The summed E-state index contributed by atoms with van der Waals surface area (Å²) in [6, 6.07) is 1.95. The molecule has 0 aromatic carbocycles. The van der Waals surface area contributed by atoms with Gasteiger partial charge in [-0.15, -0.1) is 0 Å². The fourth-order valence-electron chi connectivity index (χ4n) is 2.88. The van der Waals surface area contributed by atoms with E-state index in [9.17, 15) is 0 Å². The predicted octanol–water partition coefficient (Wildman–Crippen LogP) is 5.12. The lowest BCUT2D eigenvalue weighted by atomic mass is 9.91. The van der Waals surface area contributed by atoms with Crippen LogP contribution in [0.2, 0.25) is 5.15 Å². The van der Waals surface area contributed by atoms with Crippen molar-refractivity contribution in [3.63, 3.8) is 0 Å². The minimum Gasteiger partial charge on any atom is -0.384 e. The molecule has 0 aliphatic heterocycles. The van der Waals surface area contributed by atoms with E-state index in [0.29, 0.717) is 5.15 Å². The van der Waals surface area contributed by atoms with E-state index in [1.165, 1.54) is 50.5 Å². The molecule has 1 aliphatic rings. The van der Waals surface area contributed by atoms with E-state index < -0.39 is 0 Å². The van der Waals surface area contributed by atoms with Crippen molar-refractivity contribution in [3.05, 3.63) is 22.5 Å². The normalized spacial score (nSPS) is 17.8. The van der Waals surface area contributed by atoms with Crippen LogP contribution in [0.3, 0.4) is 0 Å². The molecule has 2 nitrogen and oxygen atoms in total. The molecule has 2 rings (SSSR count). The van der Waals surface area contributed by atoms with E-state index in [1.54, 1.807) is 0 Å². The van der Waals surface area contributed by atoms with Gasteiger partial charge in [-0.05, 0) is 44.2 Å². The largest absolute Gasteiger partial charge is 0.384 e. The molecule has 1 aromatic heterocycles. The third-order valence-electron chi connectivity index (χ3n) is 4.29. The molecule has 0 radical (unpaired) electrons. The van der Waals surface area contributed by atoms with Gasteiger partial charge in [0.15, 0.2) is 0 Å². The zero-order valence-electron chi connectivity index (χ0n) is 12.1. The van der Waals surface area contributed by atoms with Gasteiger partial charge < -0.3 is 5.32 Å². The van der Waals surface area contributed by atoms with Crippen molar-refractivity contribution in [2.45, 2.75) is 58.8 Å². The lowest BCUT2D eigenvalue weighted by molar-refractivity contribution is 0.392. The topological polar surface area (TPSA) is 24.9 Å². The van der Waals surface area contributed by atoms with E-state index in [2.05, 4.69) is 17.2 Å². The van der Waals surface area contributed by atoms with Crippen molar-refractivity contribution in [2.75, 3.05) is 11.9 Å². The zero-order chi connectivity index (χ0) is 13.7. The number of anilines is 1. The second-order valence-electron chi connectivity index (χ2n) is 5.79. The number of halogens is 1. The molecule has 0 bridgehead atoms. The highest BCUT2D eigenvalue weighted by Gasteiger charge is 2.12. The van der Waals surface area contributed by atoms with E-state index in [-0.39, 0.29) is 0 Å². The van der Waals surface area contributed by atoms with Crippen LogP contribution in [-0.2, 0) is 0 Å². The first kappa shape index (κ1) is 14.6. The molecule has 1 saturated carbocycles. The Morgan fingerprint density at radius 1 is 1.16 bits per heavy atom. The van der Waals surface area contributed by atoms with Gasteiger partial charge in [-0.3, -0.25) is 0 Å². The average Bonchev–Trinajstić information content (AvgIpc) is 2.33. The summed E-state index contributed by atoms with van der Waals surface area (Å²) < 4.78 is 0. The zero-order valence-corrected chi connectivity index (χ0v) is 12.9. The molecule has 3 heteroatoms. The molecule has 0 amide bonds. The van der Waals surface area contributed by atoms with Crippen LogP contribution in [0.1, 0.15) is 56.2 Å². The Hall–Kier alpha value is -0.760. The van der Waals surface area contributed by atoms with E-state index in [4.69, 9.17) is 11.6 Å². The molecule has 1 fully saturated rings. The SMILES string of the molecule is Cc1nc(Cl)cc(NCC2CCCCCCC2)c1C. The molecule has 0 spiro atoms. The first-order valence-electron chi connectivity index (χ1n) is 7.54. The van der Waals surface area contributed by atoms with Crippen LogP contribution in [0.5, 0.6) is 0 Å². The third kappa shape index (κ3) is 4.38. The van der Waals surface area contributed by atoms with Crippen LogP contribution >= 0.6 is 11.6 Å². The van der Waals surface area contributed by atoms with Gasteiger partial charge in [0.2, 0.25) is 0 Å². The Morgan fingerprint density at radius 2 is 1.79 bits per heavy atom. The van der Waals surface area contributed by atoms with E-state index >= 15 is 0 Å². The number of rotatable bonds is 3. The summed E-state index contributed by atoms with van der Waals surface area (Å²) in [5, 5.41) is 4.17. The summed E-state index contributed by atoms with van der Waals surface area (Å²) in [7, 11) is 0. The molecule has 0 unspecified atom stereocenters. The van der Waals surface area contributed by atoms with Crippen molar-refractivity contribution in [3.8, 4) is 0 Å². The number of nitrogens with zero attached hydrogens (tertiary/aromatic N) is 1. The summed E-state index contributed by atoms with van der Waals surface area (Å²) >= 11 is 6.04. The first-order chi connectivity index (χ1) is 9.16. The maximum Gasteiger partial charge on any atom is 0.131 e. The Bertz CT molecular complexity index is 409. The summed E-state index contributed by atoms with van der Waals surface area (Å²) in [4.78, 5) is 4.28. The number of nitrogens with one attached hydrogen (secondary N) is 1. The van der Waals surface area contributed by atoms with Gasteiger partial charge in [-0.2, -0.15) is 0 Å². The van der Waals surface area contributed by atoms with Crippen molar-refractivity contribution in [1.29, 1.82) is 0 Å². The van der Waals surface area contributed by atoms with Gasteiger partial charge >= 0.3 is 0 Å². The fourth-order valence-corrected chi connectivity index (χ4v) is 3.12. The first-order valence-corrected chi connectivity index (χ1v) is 7.92. The number of aryl methyl sites for hydroxylation is 1. The maximum atomic E-state index is 6.04. The monoisotopic (exact) mass is 280 g/mol. The standard InChI is InChI=1S/C16H25ClN2/c1-12-13(2)19-16(17)10-15(12)18-11-14-8-6-4-3-5-7-9-14/h10,14H,3-9,11H2,1-2H3,(H,18,19). The third-order valence-corrected chi connectivity index (χ3v) is 4.48. The molecular formula is C16H25ClN2. The smallest absolute Gasteiger partial charge is 0.131 e. The van der Waals surface area contributed by atoms with Gasteiger partial charge in [-0.25, -0.2) is 4.98 Å². The molecule has 1 aromatic rings. The van der Waals surface area contributed by atoms with Crippen molar-refractivity contribution >= 4 is 17.3 Å². The second-order valence-corrected chi connectivity index (χ2v) is 6.18. The molecular weight excluding hydrogens is 256 g/mol. The van der Waals surface area contributed by atoms with Crippen LogP contribution < -0.4 is 5.32 Å². The molecule has 1 aliphatic carbocycles. The fraction of sp³-hybridized carbons (Fsp3) is 0.688. The Balaban J connectivity index is 1.93. The highest BCUT2D eigenvalue weighted by atomic mass is 35.5. The van der Waals surface area contributed by atoms with Crippen LogP contribution in [0, 0.1) is 19.8 Å². The van der Waals surface area contributed by atoms with E-state index in [0.717, 1.165) is 23.8 Å². The molecule has 19 heavy (non-hydrogen) atoms. The number of hydrogen-bond donors (Lipinski definition) is 1. The van der Waals surface area contributed by atoms with Crippen LogP contribution in [0.4, 0.5) is 5.69 Å². The predicted molar refractivity (Wildman–Crippen MR) is 83.0 cm³/mol. The van der Waals surface area contributed by atoms with Gasteiger partial charge in [0, 0.05) is 17.9 Å². The number of aromatic nitrogens is 1. The lowest BCUT2D eigenvalue weighted by Gasteiger charge is -2.21. The molecule has 1 N–H and O–H groups in total. The molecule has 0 atom stereocenters. The molecule has 0 saturated heterocycles. The Morgan fingerprint density at radius 3 is 2.47 bits per heavy atom. The highest BCUT2D eigenvalue weighted by Crippen LogP contribution is 2.25. The van der Waals surface area contributed by atoms with Crippen molar-refractivity contribution < 1.29 is 0 Å². The quantitative estimate of drug-likeness (QED) is 0.777. The van der Waals surface area contributed by atoms with E-state index in [1.807, 2.05) is 13.0 Å². The Labute approximate surface area is 122 Å². The van der Waals surface area contributed by atoms with Gasteiger partial charge in [0.25, 0.3) is 0 Å². The van der Waals surface area contributed by atoms with Crippen LogP contribution in [-0.4, -0.2) is 11.5 Å². The maximum absolute atomic E-state index is 6.04. The van der Waals surface area contributed by atoms with Crippen LogP contribution in [0.15, 0.2) is 6.07 Å².